The van der Waals surface area contributed by atoms with E-state index in [4.69, 9.17) is 11.6 Å². The van der Waals surface area contributed by atoms with Crippen molar-refractivity contribution in [2.24, 2.45) is 0 Å². The fraction of sp³-hybridized carbons (Fsp3) is 0.100. The Kier molecular flexibility index (Phi) is 5.31. The molecule has 0 fully saturated rings. The lowest BCUT2D eigenvalue weighted by atomic mass is 10.2. The van der Waals surface area contributed by atoms with Gasteiger partial charge >= 0.3 is 0 Å². The number of aromatic nitrogens is 1. The number of carbonyl (C=O) groups excluding carboxylic acids is 1. The number of nitrogens with one attached hydrogen (secondary N) is 1. The van der Waals surface area contributed by atoms with Crippen LogP contribution in [-0.2, 0) is 0 Å². The Morgan fingerprint density at radius 3 is 2.52 bits per heavy atom. The van der Waals surface area contributed by atoms with Crippen molar-refractivity contribution in [3.8, 4) is 0 Å². The maximum absolute atomic E-state index is 12.7. The second-order valence-electron chi connectivity index (χ2n) is 5.45. The molecule has 0 aliphatic heterocycles. The average Bonchev–Trinajstić information content (AvgIpc) is 2.64. The van der Waals surface area contributed by atoms with Gasteiger partial charge in [-0.3, -0.25) is 4.79 Å². The van der Waals surface area contributed by atoms with Gasteiger partial charge in [0.2, 0.25) is 0 Å². The van der Waals surface area contributed by atoms with E-state index in [-0.39, 0.29) is 5.91 Å². The van der Waals surface area contributed by atoms with Crippen molar-refractivity contribution in [3.05, 3.63) is 83.5 Å². The summed E-state index contributed by atoms with van der Waals surface area (Å²) in [5.41, 5.74) is 2.26. The number of hydrogen-bond acceptors (Lipinski definition) is 3. The summed E-state index contributed by atoms with van der Waals surface area (Å²) in [7, 11) is 0. The van der Waals surface area contributed by atoms with Crippen LogP contribution in [-0.4, -0.2) is 17.4 Å². The van der Waals surface area contributed by atoms with E-state index in [1.165, 1.54) is 0 Å². The first-order valence-corrected chi connectivity index (χ1v) is 8.40. The van der Waals surface area contributed by atoms with Crippen molar-refractivity contribution >= 4 is 34.7 Å². The predicted molar refractivity (Wildman–Crippen MR) is 103 cm³/mol. The molecule has 0 saturated carbocycles. The molecule has 3 aromatic rings. The molecular weight excluding hydrogens is 334 g/mol. The summed E-state index contributed by atoms with van der Waals surface area (Å²) in [5.74, 6) is 0.581. The number of halogens is 1. The van der Waals surface area contributed by atoms with Crippen LogP contribution in [0.4, 0.5) is 17.2 Å². The zero-order valence-electron chi connectivity index (χ0n) is 13.8. The Balaban J connectivity index is 1.76. The first kappa shape index (κ1) is 17.0. The van der Waals surface area contributed by atoms with Gasteiger partial charge in [-0.25, -0.2) is 4.98 Å². The Bertz CT molecular complexity index is 850. The highest BCUT2D eigenvalue weighted by molar-refractivity contribution is 6.30. The van der Waals surface area contributed by atoms with Crippen molar-refractivity contribution in [1.82, 2.24) is 4.98 Å². The lowest BCUT2D eigenvalue weighted by molar-refractivity contribution is 0.0988. The van der Waals surface area contributed by atoms with E-state index in [2.05, 4.69) is 10.3 Å². The number of anilines is 3. The predicted octanol–water partition coefficient (Wildman–Crippen LogP) is 5.15. The molecule has 5 heteroatoms. The largest absolute Gasteiger partial charge is 0.340 e. The molecule has 0 saturated heterocycles. The highest BCUT2D eigenvalue weighted by atomic mass is 35.5. The number of para-hydroxylation sites is 1. The fourth-order valence-corrected chi connectivity index (χ4v) is 2.71. The van der Waals surface area contributed by atoms with Crippen LogP contribution in [0.5, 0.6) is 0 Å². The second kappa shape index (κ2) is 7.81. The number of carbonyl (C=O) groups is 1. The molecule has 0 radical (unpaired) electrons. The summed E-state index contributed by atoms with van der Waals surface area (Å²) in [5, 5.41) is 3.82. The minimum absolute atomic E-state index is 0.0736. The van der Waals surface area contributed by atoms with Gasteiger partial charge in [0.25, 0.3) is 5.91 Å². The van der Waals surface area contributed by atoms with Crippen molar-refractivity contribution < 1.29 is 4.79 Å². The molecule has 0 unspecified atom stereocenters. The lowest BCUT2D eigenvalue weighted by Gasteiger charge is -2.21. The first-order valence-electron chi connectivity index (χ1n) is 8.03. The van der Waals surface area contributed by atoms with Gasteiger partial charge in [0.15, 0.2) is 0 Å². The van der Waals surface area contributed by atoms with E-state index >= 15 is 0 Å². The van der Waals surface area contributed by atoms with Crippen molar-refractivity contribution in [3.63, 3.8) is 0 Å². The Hall–Kier alpha value is -2.85. The summed E-state index contributed by atoms with van der Waals surface area (Å²) in [4.78, 5) is 18.8. The average molecular weight is 352 g/mol. The summed E-state index contributed by atoms with van der Waals surface area (Å²) in [6.45, 7) is 2.54. The van der Waals surface area contributed by atoms with Crippen LogP contribution < -0.4 is 10.2 Å². The summed E-state index contributed by atoms with van der Waals surface area (Å²) in [6, 6.07) is 20.6. The molecule has 0 aliphatic rings. The number of pyridine rings is 1. The van der Waals surface area contributed by atoms with Crippen LogP contribution in [0.2, 0.25) is 5.02 Å². The highest BCUT2D eigenvalue weighted by Crippen LogP contribution is 2.20. The van der Waals surface area contributed by atoms with Gasteiger partial charge < -0.3 is 10.2 Å². The van der Waals surface area contributed by atoms with E-state index in [1.54, 1.807) is 23.2 Å². The molecule has 2 aromatic carbocycles. The fourth-order valence-electron chi connectivity index (χ4n) is 2.52. The van der Waals surface area contributed by atoms with Crippen LogP contribution in [0.15, 0.2) is 72.9 Å². The van der Waals surface area contributed by atoms with Crippen molar-refractivity contribution in [1.29, 1.82) is 0 Å². The van der Waals surface area contributed by atoms with E-state index in [1.807, 2.05) is 61.5 Å². The third-order valence-electron chi connectivity index (χ3n) is 3.74. The molecule has 1 aromatic heterocycles. The van der Waals surface area contributed by atoms with Gasteiger partial charge in [-0.2, -0.15) is 0 Å². The zero-order chi connectivity index (χ0) is 17.6. The van der Waals surface area contributed by atoms with Gasteiger partial charge in [0, 0.05) is 29.1 Å². The molecule has 0 spiro atoms. The van der Waals surface area contributed by atoms with Crippen LogP contribution in [0.25, 0.3) is 0 Å². The molecule has 0 atom stereocenters. The molecular formula is C20H18ClN3O. The third kappa shape index (κ3) is 4.17. The molecule has 25 heavy (non-hydrogen) atoms. The maximum atomic E-state index is 12.7. The van der Waals surface area contributed by atoms with E-state index in [0.29, 0.717) is 22.9 Å². The molecule has 0 bridgehead atoms. The minimum Gasteiger partial charge on any atom is -0.340 e. The topological polar surface area (TPSA) is 45.2 Å². The standard InChI is InChI=1S/C20H18ClN3O/c1-2-24(18-9-4-3-5-10-18)20(25)15-11-12-19(22-14-15)23-17-8-6-7-16(21)13-17/h3-14H,2H2,1H3,(H,22,23). The Morgan fingerprint density at radius 1 is 1.08 bits per heavy atom. The van der Waals surface area contributed by atoms with Gasteiger partial charge in [-0.05, 0) is 49.4 Å². The minimum atomic E-state index is -0.0736. The Labute approximate surface area is 152 Å². The molecule has 126 valence electrons. The zero-order valence-corrected chi connectivity index (χ0v) is 14.6. The highest BCUT2D eigenvalue weighted by Gasteiger charge is 2.16. The number of rotatable bonds is 5. The summed E-state index contributed by atoms with van der Waals surface area (Å²) in [6.07, 6.45) is 1.58. The van der Waals surface area contributed by atoms with Gasteiger partial charge in [0.1, 0.15) is 5.82 Å². The normalized spacial score (nSPS) is 10.3. The quantitative estimate of drug-likeness (QED) is 0.691. The molecule has 3 rings (SSSR count). The van der Waals surface area contributed by atoms with E-state index in [0.717, 1.165) is 11.4 Å². The molecule has 4 nitrogen and oxygen atoms in total. The van der Waals surface area contributed by atoms with Gasteiger partial charge in [0.05, 0.1) is 5.56 Å². The number of hydrogen-bond donors (Lipinski definition) is 1. The van der Waals surface area contributed by atoms with Gasteiger partial charge in [-0.15, -0.1) is 0 Å². The van der Waals surface area contributed by atoms with Crippen LogP contribution in [0.1, 0.15) is 17.3 Å². The number of nitrogens with zero attached hydrogens (tertiary/aromatic N) is 2. The molecule has 1 amide bonds. The molecule has 1 N–H and O–H groups in total. The third-order valence-corrected chi connectivity index (χ3v) is 3.97. The van der Waals surface area contributed by atoms with Crippen molar-refractivity contribution in [2.75, 3.05) is 16.8 Å². The van der Waals surface area contributed by atoms with Gasteiger partial charge in [-0.1, -0.05) is 35.9 Å². The second-order valence-corrected chi connectivity index (χ2v) is 5.89. The van der Waals surface area contributed by atoms with Crippen LogP contribution in [0.3, 0.4) is 0 Å². The van der Waals surface area contributed by atoms with E-state index < -0.39 is 0 Å². The number of amides is 1. The smallest absolute Gasteiger partial charge is 0.259 e. The molecule has 1 heterocycles. The van der Waals surface area contributed by atoms with Crippen molar-refractivity contribution in [2.45, 2.75) is 6.92 Å². The summed E-state index contributed by atoms with van der Waals surface area (Å²) >= 11 is 5.98. The van der Waals surface area contributed by atoms with E-state index in [9.17, 15) is 4.79 Å². The monoisotopic (exact) mass is 351 g/mol. The molecule has 0 aliphatic carbocycles. The SMILES string of the molecule is CCN(C(=O)c1ccc(Nc2cccc(Cl)c2)nc1)c1ccccc1. The maximum Gasteiger partial charge on any atom is 0.259 e. The number of benzene rings is 2. The first-order chi connectivity index (χ1) is 12.2. The van der Waals surface area contributed by atoms with Crippen LogP contribution >= 0.6 is 11.6 Å². The Morgan fingerprint density at radius 2 is 1.88 bits per heavy atom. The summed E-state index contributed by atoms with van der Waals surface area (Å²) < 4.78 is 0. The lowest BCUT2D eigenvalue weighted by Crippen LogP contribution is -2.30. The van der Waals surface area contributed by atoms with Crippen LogP contribution in [0, 0.1) is 0 Å².